The Morgan fingerprint density at radius 3 is 2.79 bits per heavy atom. The van der Waals surface area contributed by atoms with Crippen LogP contribution in [0.3, 0.4) is 0 Å². The third kappa shape index (κ3) is 3.44. The molecule has 1 aromatic rings. The van der Waals surface area contributed by atoms with Crippen molar-refractivity contribution < 1.29 is 17.6 Å². The van der Waals surface area contributed by atoms with E-state index in [1.54, 1.807) is 0 Å². The zero-order valence-electron chi connectivity index (χ0n) is 10.2. The summed E-state index contributed by atoms with van der Waals surface area (Å²) in [6, 6.07) is 3.40. The van der Waals surface area contributed by atoms with Gasteiger partial charge in [-0.2, -0.15) is 0 Å². The lowest BCUT2D eigenvalue weighted by atomic mass is 10.1. The fourth-order valence-electron chi connectivity index (χ4n) is 2.15. The van der Waals surface area contributed by atoms with Crippen molar-refractivity contribution in [3.63, 3.8) is 0 Å². The SMILES string of the molecule is NC(=O)c1ccc(F)c(NC2CCCS(=O)(=O)C2)c1. The van der Waals surface area contributed by atoms with Crippen molar-refractivity contribution in [3.05, 3.63) is 29.6 Å². The summed E-state index contributed by atoms with van der Waals surface area (Å²) in [6.07, 6.45) is 1.20. The molecular weight excluding hydrogens is 271 g/mol. The number of halogens is 1. The highest BCUT2D eigenvalue weighted by molar-refractivity contribution is 7.91. The van der Waals surface area contributed by atoms with Gasteiger partial charge in [0.15, 0.2) is 9.84 Å². The Kier molecular flexibility index (Phi) is 3.75. The molecule has 1 saturated heterocycles. The minimum Gasteiger partial charge on any atom is -0.379 e. The normalized spacial score (nSPS) is 21.8. The minimum atomic E-state index is -3.07. The third-order valence-electron chi connectivity index (χ3n) is 3.07. The molecule has 104 valence electrons. The molecule has 1 amide bonds. The summed E-state index contributed by atoms with van der Waals surface area (Å²) in [5.74, 6) is -1.03. The molecule has 1 aliphatic rings. The van der Waals surface area contributed by atoms with Gasteiger partial charge < -0.3 is 11.1 Å². The number of carbonyl (C=O) groups is 1. The van der Waals surface area contributed by atoms with E-state index in [0.29, 0.717) is 12.8 Å². The average Bonchev–Trinajstić information content (AvgIpc) is 2.30. The predicted octanol–water partition coefficient (Wildman–Crippen LogP) is 0.914. The lowest BCUT2D eigenvalue weighted by Gasteiger charge is -2.24. The standard InChI is InChI=1S/C12H15FN2O3S/c13-10-4-3-8(12(14)16)6-11(10)15-9-2-1-5-19(17,18)7-9/h3-4,6,9,15H,1-2,5,7H2,(H2,14,16). The molecule has 2 rings (SSSR count). The number of hydrogen-bond acceptors (Lipinski definition) is 4. The molecule has 0 aliphatic carbocycles. The van der Waals surface area contributed by atoms with Gasteiger partial charge in [0, 0.05) is 11.6 Å². The molecule has 0 radical (unpaired) electrons. The van der Waals surface area contributed by atoms with Gasteiger partial charge >= 0.3 is 0 Å². The van der Waals surface area contributed by atoms with Gasteiger partial charge in [-0.25, -0.2) is 12.8 Å². The van der Waals surface area contributed by atoms with E-state index in [2.05, 4.69) is 5.32 Å². The summed E-state index contributed by atoms with van der Waals surface area (Å²) in [5.41, 5.74) is 5.42. The van der Waals surface area contributed by atoms with Crippen LogP contribution in [0.2, 0.25) is 0 Å². The first-order valence-corrected chi connectivity index (χ1v) is 7.76. The first-order valence-electron chi connectivity index (χ1n) is 5.94. The highest BCUT2D eigenvalue weighted by Gasteiger charge is 2.25. The maximum absolute atomic E-state index is 13.6. The first kappa shape index (κ1) is 13.8. The monoisotopic (exact) mass is 286 g/mol. The molecule has 0 bridgehead atoms. The van der Waals surface area contributed by atoms with E-state index in [1.165, 1.54) is 12.1 Å². The predicted molar refractivity (Wildman–Crippen MR) is 70.2 cm³/mol. The van der Waals surface area contributed by atoms with E-state index < -0.39 is 21.6 Å². The number of primary amides is 1. The number of benzene rings is 1. The zero-order valence-corrected chi connectivity index (χ0v) is 11.0. The second-order valence-corrected chi connectivity index (χ2v) is 6.89. The summed E-state index contributed by atoms with van der Waals surface area (Å²) in [4.78, 5) is 11.0. The van der Waals surface area contributed by atoms with Gasteiger partial charge in [-0.1, -0.05) is 0 Å². The Labute approximate surface area is 110 Å². The Hall–Kier alpha value is -1.63. The fraction of sp³-hybridized carbons (Fsp3) is 0.417. The summed E-state index contributed by atoms with van der Waals surface area (Å²) in [7, 11) is -3.07. The fourth-order valence-corrected chi connectivity index (χ4v) is 3.78. The van der Waals surface area contributed by atoms with Gasteiger partial charge in [-0.15, -0.1) is 0 Å². The van der Waals surface area contributed by atoms with Crippen molar-refractivity contribution in [2.24, 2.45) is 5.73 Å². The second kappa shape index (κ2) is 5.16. The smallest absolute Gasteiger partial charge is 0.248 e. The van der Waals surface area contributed by atoms with E-state index >= 15 is 0 Å². The van der Waals surface area contributed by atoms with Crippen LogP contribution >= 0.6 is 0 Å². The molecule has 19 heavy (non-hydrogen) atoms. The number of hydrogen-bond donors (Lipinski definition) is 2. The summed E-state index contributed by atoms with van der Waals surface area (Å²) < 4.78 is 36.6. The van der Waals surface area contributed by atoms with Crippen LogP contribution in [-0.4, -0.2) is 31.9 Å². The summed E-state index contributed by atoms with van der Waals surface area (Å²) in [6.45, 7) is 0. The van der Waals surface area contributed by atoms with E-state index in [9.17, 15) is 17.6 Å². The number of nitrogens with one attached hydrogen (secondary N) is 1. The summed E-state index contributed by atoms with van der Waals surface area (Å²) in [5, 5.41) is 2.84. The molecule has 5 nitrogen and oxygen atoms in total. The number of anilines is 1. The largest absolute Gasteiger partial charge is 0.379 e. The Balaban J connectivity index is 2.18. The molecule has 0 saturated carbocycles. The minimum absolute atomic E-state index is 0.0206. The van der Waals surface area contributed by atoms with Crippen LogP contribution in [0.1, 0.15) is 23.2 Å². The Bertz CT molecular complexity index is 601. The van der Waals surface area contributed by atoms with Crippen LogP contribution in [0.15, 0.2) is 18.2 Å². The van der Waals surface area contributed by atoms with Gasteiger partial charge in [-0.05, 0) is 31.0 Å². The average molecular weight is 286 g/mol. The first-order chi connectivity index (χ1) is 8.87. The van der Waals surface area contributed by atoms with Gasteiger partial charge in [0.25, 0.3) is 0 Å². The molecule has 1 unspecified atom stereocenters. The van der Waals surface area contributed by atoms with Crippen molar-refractivity contribution in [3.8, 4) is 0 Å². The molecule has 0 spiro atoms. The number of carbonyl (C=O) groups excluding carboxylic acids is 1. The quantitative estimate of drug-likeness (QED) is 0.864. The van der Waals surface area contributed by atoms with Crippen molar-refractivity contribution in [2.45, 2.75) is 18.9 Å². The van der Waals surface area contributed by atoms with Gasteiger partial charge in [-0.3, -0.25) is 4.79 Å². The highest BCUT2D eigenvalue weighted by atomic mass is 32.2. The van der Waals surface area contributed by atoms with Crippen LogP contribution in [0.4, 0.5) is 10.1 Å². The van der Waals surface area contributed by atoms with Crippen LogP contribution in [-0.2, 0) is 9.84 Å². The lowest BCUT2D eigenvalue weighted by Crippen LogP contribution is -2.35. The van der Waals surface area contributed by atoms with Crippen molar-refractivity contribution >= 4 is 21.4 Å². The molecule has 1 aromatic carbocycles. The third-order valence-corrected chi connectivity index (χ3v) is 4.89. The van der Waals surface area contributed by atoms with Gasteiger partial charge in [0.05, 0.1) is 17.2 Å². The second-order valence-electron chi connectivity index (χ2n) is 4.66. The van der Waals surface area contributed by atoms with Crippen LogP contribution in [0.5, 0.6) is 0 Å². The van der Waals surface area contributed by atoms with E-state index in [1.807, 2.05) is 0 Å². The number of amides is 1. The maximum atomic E-state index is 13.6. The molecule has 3 N–H and O–H groups in total. The Morgan fingerprint density at radius 1 is 1.42 bits per heavy atom. The number of nitrogens with two attached hydrogens (primary N) is 1. The van der Waals surface area contributed by atoms with Gasteiger partial charge in [0.2, 0.25) is 5.91 Å². The van der Waals surface area contributed by atoms with Crippen molar-refractivity contribution in [1.82, 2.24) is 0 Å². The summed E-state index contributed by atoms with van der Waals surface area (Å²) >= 11 is 0. The Morgan fingerprint density at radius 2 is 2.16 bits per heavy atom. The molecule has 1 heterocycles. The topological polar surface area (TPSA) is 89.3 Å². The maximum Gasteiger partial charge on any atom is 0.248 e. The lowest BCUT2D eigenvalue weighted by molar-refractivity contribution is 0.100. The number of sulfone groups is 1. The molecule has 7 heteroatoms. The van der Waals surface area contributed by atoms with E-state index in [4.69, 9.17) is 5.73 Å². The van der Waals surface area contributed by atoms with Gasteiger partial charge in [0.1, 0.15) is 5.82 Å². The molecule has 1 fully saturated rings. The number of rotatable bonds is 3. The van der Waals surface area contributed by atoms with E-state index in [0.717, 1.165) is 6.07 Å². The van der Waals surface area contributed by atoms with E-state index in [-0.39, 0.29) is 28.8 Å². The van der Waals surface area contributed by atoms with Crippen molar-refractivity contribution in [1.29, 1.82) is 0 Å². The molecule has 1 aliphatic heterocycles. The van der Waals surface area contributed by atoms with Crippen molar-refractivity contribution in [2.75, 3.05) is 16.8 Å². The molecular formula is C12H15FN2O3S. The highest BCUT2D eigenvalue weighted by Crippen LogP contribution is 2.21. The van der Waals surface area contributed by atoms with Crippen LogP contribution in [0.25, 0.3) is 0 Å². The molecule has 1 atom stereocenters. The molecule has 0 aromatic heterocycles. The van der Waals surface area contributed by atoms with Crippen LogP contribution < -0.4 is 11.1 Å². The zero-order chi connectivity index (χ0) is 14.0. The van der Waals surface area contributed by atoms with Crippen LogP contribution in [0, 0.1) is 5.82 Å².